The number of carbonyl (C=O) groups excluding carboxylic acids is 2. The van der Waals surface area contributed by atoms with Gasteiger partial charge in [-0.3, -0.25) is 9.59 Å². The largest absolute Gasteiger partial charge is 0.441 e. The lowest BCUT2D eigenvalue weighted by molar-refractivity contribution is -0.138. The summed E-state index contributed by atoms with van der Waals surface area (Å²) in [6.45, 7) is 3.01. The van der Waals surface area contributed by atoms with Gasteiger partial charge < -0.3 is 14.6 Å². The molecule has 4 rings (SSSR count). The Morgan fingerprint density at radius 2 is 2.20 bits per heavy atom. The summed E-state index contributed by atoms with van der Waals surface area (Å²) in [6.07, 6.45) is 3.39. The molecule has 0 aromatic carbocycles. The van der Waals surface area contributed by atoms with Gasteiger partial charge in [-0.2, -0.15) is 11.3 Å². The van der Waals surface area contributed by atoms with Crippen LogP contribution in [0.25, 0.3) is 11.5 Å². The third kappa shape index (κ3) is 3.33. The first-order chi connectivity index (χ1) is 12.1. The van der Waals surface area contributed by atoms with E-state index in [0.717, 1.165) is 24.8 Å². The van der Waals surface area contributed by atoms with Gasteiger partial charge in [-0.05, 0) is 31.2 Å². The first-order valence-electron chi connectivity index (χ1n) is 8.67. The third-order valence-electron chi connectivity index (χ3n) is 5.04. The van der Waals surface area contributed by atoms with E-state index < -0.39 is 0 Å². The molecule has 0 spiro atoms. The fourth-order valence-corrected chi connectivity index (χ4v) is 3.75. The summed E-state index contributed by atoms with van der Waals surface area (Å²) in [5.41, 5.74) is 1.63. The minimum atomic E-state index is 0.0300. The third-order valence-corrected chi connectivity index (χ3v) is 5.72. The van der Waals surface area contributed by atoms with Gasteiger partial charge in [0, 0.05) is 30.0 Å². The Kier molecular flexibility index (Phi) is 4.33. The lowest BCUT2D eigenvalue weighted by atomic mass is 9.84. The molecule has 2 aromatic rings. The molecular formula is C18H21N3O3S. The molecule has 2 aliphatic rings. The summed E-state index contributed by atoms with van der Waals surface area (Å²) in [4.78, 5) is 30.6. The first kappa shape index (κ1) is 16.3. The highest BCUT2D eigenvalue weighted by atomic mass is 32.1. The number of thiophene rings is 1. The maximum Gasteiger partial charge on any atom is 0.228 e. The molecule has 2 amide bonds. The van der Waals surface area contributed by atoms with Crippen molar-refractivity contribution >= 4 is 23.2 Å². The number of carbonyl (C=O) groups is 2. The van der Waals surface area contributed by atoms with Gasteiger partial charge in [0.2, 0.25) is 17.7 Å². The van der Waals surface area contributed by atoms with Crippen LogP contribution in [0.15, 0.2) is 21.2 Å². The van der Waals surface area contributed by atoms with Crippen LogP contribution in [0.1, 0.15) is 30.7 Å². The fraction of sp³-hybridized carbons (Fsp3) is 0.500. The highest BCUT2D eigenvalue weighted by molar-refractivity contribution is 7.08. The van der Waals surface area contributed by atoms with Crippen molar-refractivity contribution in [2.75, 3.05) is 13.1 Å². The van der Waals surface area contributed by atoms with Gasteiger partial charge in [0.1, 0.15) is 5.76 Å². The molecule has 1 saturated heterocycles. The summed E-state index contributed by atoms with van der Waals surface area (Å²) >= 11 is 1.58. The molecule has 2 aromatic heterocycles. The number of nitrogens with one attached hydrogen (secondary N) is 1. The molecular weight excluding hydrogens is 338 g/mol. The number of hydrogen-bond acceptors (Lipinski definition) is 5. The van der Waals surface area contributed by atoms with Gasteiger partial charge in [0.05, 0.1) is 18.2 Å². The Balaban J connectivity index is 1.29. The van der Waals surface area contributed by atoms with Gasteiger partial charge >= 0.3 is 0 Å². The van der Waals surface area contributed by atoms with Crippen molar-refractivity contribution in [2.45, 2.75) is 38.6 Å². The second-order valence-electron chi connectivity index (χ2n) is 6.84. The molecule has 6 nitrogen and oxygen atoms in total. The molecule has 2 fully saturated rings. The van der Waals surface area contributed by atoms with Crippen molar-refractivity contribution in [1.82, 2.24) is 15.2 Å². The zero-order chi connectivity index (χ0) is 17.4. The van der Waals surface area contributed by atoms with Gasteiger partial charge in [-0.15, -0.1) is 0 Å². The second-order valence-corrected chi connectivity index (χ2v) is 7.62. The quantitative estimate of drug-likeness (QED) is 0.889. The van der Waals surface area contributed by atoms with Crippen LogP contribution in [0.5, 0.6) is 0 Å². The Hall–Kier alpha value is -2.15. The van der Waals surface area contributed by atoms with Crippen molar-refractivity contribution in [3.05, 3.63) is 28.3 Å². The Morgan fingerprint density at radius 1 is 1.40 bits per heavy atom. The first-order valence-corrected chi connectivity index (χ1v) is 9.61. The minimum absolute atomic E-state index is 0.0300. The second kappa shape index (κ2) is 6.63. The summed E-state index contributed by atoms with van der Waals surface area (Å²) in [5.74, 6) is 1.62. The molecule has 0 radical (unpaired) electrons. The summed E-state index contributed by atoms with van der Waals surface area (Å²) < 4.78 is 5.68. The number of oxazole rings is 1. The highest BCUT2D eigenvalue weighted by Gasteiger charge is 2.34. The van der Waals surface area contributed by atoms with E-state index in [2.05, 4.69) is 10.3 Å². The summed E-state index contributed by atoms with van der Waals surface area (Å²) in [5, 5.41) is 6.98. The molecule has 0 unspecified atom stereocenters. The average molecular weight is 359 g/mol. The van der Waals surface area contributed by atoms with Gasteiger partial charge in [0.15, 0.2) is 0 Å². The van der Waals surface area contributed by atoms with Crippen molar-refractivity contribution in [1.29, 1.82) is 0 Å². The van der Waals surface area contributed by atoms with Crippen molar-refractivity contribution < 1.29 is 14.0 Å². The molecule has 1 N–H and O–H groups in total. The summed E-state index contributed by atoms with van der Waals surface area (Å²) in [6, 6.07) is 2.05. The van der Waals surface area contributed by atoms with E-state index in [0.29, 0.717) is 30.4 Å². The number of likely N-dealkylation sites (tertiary alicyclic amines) is 1. The fourth-order valence-electron chi connectivity index (χ4n) is 3.12. The van der Waals surface area contributed by atoms with Crippen LogP contribution in [0.3, 0.4) is 0 Å². The molecule has 7 heteroatoms. The molecule has 3 heterocycles. The van der Waals surface area contributed by atoms with Crippen LogP contribution in [0.4, 0.5) is 0 Å². The maximum atomic E-state index is 12.4. The van der Waals surface area contributed by atoms with Crippen LogP contribution in [0.2, 0.25) is 0 Å². The molecule has 0 bridgehead atoms. The SMILES string of the molecule is Cc1oc(-c2ccsc2)nc1CC(=O)N1CC(NC(=O)C2CCC2)C1. The smallest absolute Gasteiger partial charge is 0.228 e. The Morgan fingerprint density at radius 3 is 2.84 bits per heavy atom. The lowest BCUT2D eigenvalue weighted by Gasteiger charge is -2.40. The van der Waals surface area contributed by atoms with Crippen molar-refractivity contribution in [2.24, 2.45) is 5.92 Å². The molecule has 132 valence electrons. The van der Waals surface area contributed by atoms with Gasteiger partial charge in [0.25, 0.3) is 0 Å². The van der Waals surface area contributed by atoms with Crippen LogP contribution in [0, 0.1) is 12.8 Å². The highest BCUT2D eigenvalue weighted by Crippen LogP contribution is 2.27. The molecule has 25 heavy (non-hydrogen) atoms. The van der Waals surface area contributed by atoms with Gasteiger partial charge in [-0.1, -0.05) is 6.42 Å². The van der Waals surface area contributed by atoms with E-state index in [1.165, 1.54) is 0 Å². The van der Waals surface area contributed by atoms with E-state index in [1.807, 2.05) is 23.8 Å². The number of aryl methyl sites for hydroxylation is 1. The zero-order valence-electron chi connectivity index (χ0n) is 14.2. The van der Waals surface area contributed by atoms with E-state index in [-0.39, 0.29) is 30.2 Å². The van der Waals surface area contributed by atoms with E-state index in [1.54, 1.807) is 16.2 Å². The topological polar surface area (TPSA) is 75.4 Å². The number of amides is 2. The Labute approximate surface area is 150 Å². The standard InChI is InChI=1S/C18H21N3O3S/c1-11-15(20-18(24-11)13-5-6-25-10-13)7-16(22)21-8-14(9-21)19-17(23)12-3-2-4-12/h5-6,10,12,14H,2-4,7-9H2,1H3,(H,19,23). The molecule has 1 saturated carbocycles. The monoisotopic (exact) mass is 359 g/mol. The number of hydrogen-bond donors (Lipinski definition) is 1. The predicted octanol–water partition coefficient (Wildman–Crippen LogP) is 2.38. The molecule has 1 aliphatic heterocycles. The van der Waals surface area contributed by atoms with E-state index >= 15 is 0 Å². The van der Waals surface area contributed by atoms with Crippen LogP contribution in [-0.4, -0.2) is 40.8 Å². The Bertz CT molecular complexity index is 774. The predicted molar refractivity (Wildman–Crippen MR) is 94.1 cm³/mol. The number of rotatable bonds is 5. The van der Waals surface area contributed by atoms with Crippen LogP contribution in [-0.2, 0) is 16.0 Å². The van der Waals surface area contributed by atoms with Crippen LogP contribution >= 0.6 is 11.3 Å². The lowest BCUT2D eigenvalue weighted by Crippen LogP contribution is -2.62. The maximum absolute atomic E-state index is 12.4. The zero-order valence-corrected chi connectivity index (χ0v) is 15.0. The number of aromatic nitrogens is 1. The van der Waals surface area contributed by atoms with Gasteiger partial charge in [-0.25, -0.2) is 4.98 Å². The molecule has 1 aliphatic carbocycles. The number of nitrogens with zero attached hydrogens (tertiary/aromatic N) is 2. The van der Waals surface area contributed by atoms with E-state index in [4.69, 9.17) is 4.42 Å². The van der Waals surface area contributed by atoms with E-state index in [9.17, 15) is 9.59 Å². The van der Waals surface area contributed by atoms with Crippen LogP contribution < -0.4 is 5.32 Å². The molecule has 0 atom stereocenters. The normalized spacial score (nSPS) is 17.9. The summed E-state index contributed by atoms with van der Waals surface area (Å²) in [7, 11) is 0. The minimum Gasteiger partial charge on any atom is -0.441 e. The van der Waals surface area contributed by atoms with Crippen molar-refractivity contribution in [3.63, 3.8) is 0 Å². The average Bonchev–Trinajstić information content (AvgIpc) is 3.11. The van der Waals surface area contributed by atoms with Crippen molar-refractivity contribution in [3.8, 4) is 11.5 Å².